The van der Waals surface area contributed by atoms with Crippen molar-refractivity contribution in [2.45, 2.75) is 19.9 Å². The van der Waals surface area contributed by atoms with Crippen LogP contribution in [0.5, 0.6) is 17.2 Å². The van der Waals surface area contributed by atoms with Crippen LogP contribution in [0.15, 0.2) is 17.1 Å². The first-order chi connectivity index (χ1) is 12.1. The number of hydrogen-bond donors (Lipinski definition) is 3. The summed E-state index contributed by atoms with van der Waals surface area (Å²) in [7, 11) is 6.36. The van der Waals surface area contributed by atoms with Gasteiger partial charge in [0.1, 0.15) is 0 Å². The lowest BCUT2D eigenvalue weighted by Gasteiger charge is -2.16. The molecule has 0 aliphatic heterocycles. The average Bonchev–Trinajstić information content (AvgIpc) is 2.65. The smallest absolute Gasteiger partial charge is 0.239 e. The van der Waals surface area contributed by atoms with Crippen LogP contribution in [0.2, 0.25) is 0 Å². The molecule has 0 aliphatic carbocycles. The van der Waals surface area contributed by atoms with Gasteiger partial charge in [-0.1, -0.05) is 6.92 Å². The maximum atomic E-state index is 11.6. The number of benzene rings is 1. The summed E-state index contributed by atoms with van der Waals surface area (Å²) in [4.78, 5) is 15.7. The van der Waals surface area contributed by atoms with E-state index < -0.39 is 0 Å². The number of hydrogen-bond acceptors (Lipinski definition) is 5. The molecule has 8 nitrogen and oxygen atoms in total. The van der Waals surface area contributed by atoms with E-state index in [2.05, 4.69) is 20.9 Å². The Morgan fingerprint density at radius 1 is 1.04 bits per heavy atom. The van der Waals surface area contributed by atoms with Gasteiger partial charge >= 0.3 is 0 Å². The third-order valence-corrected chi connectivity index (χ3v) is 3.40. The number of nitrogens with one attached hydrogen (secondary N) is 3. The Morgan fingerprint density at radius 3 is 2.16 bits per heavy atom. The molecular formula is C17H28N4O4. The number of nitrogens with zero attached hydrogens (tertiary/aromatic N) is 1. The first-order valence-corrected chi connectivity index (χ1v) is 8.09. The normalized spacial score (nSPS) is 10.8. The second-order valence-electron chi connectivity index (χ2n) is 5.16. The minimum absolute atomic E-state index is 0.0717. The van der Waals surface area contributed by atoms with Crippen LogP contribution in [0.1, 0.15) is 18.9 Å². The van der Waals surface area contributed by atoms with Crippen molar-refractivity contribution in [2.24, 2.45) is 4.99 Å². The molecule has 1 aromatic rings. The van der Waals surface area contributed by atoms with Gasteiger partial charge in [0, 0.05) is 20.1 Å². The molecule has 0 radical (unpaired) electrons. The number of methoxy groups -OCH3 is 3. The van der Waals surface area contributed by atoms with E-state index in [1.807, 2.05) is 19.1 Å². The number of carbonyl (C=O) groups is 1. The second kappa shape index (κ2) is 11.0. The average molecular weight is 352 g/mol. The summed E-state index contributed by atoms with van der Waals surface area (Å²) in [6.07, 6.45) is 0.903. The van der Waals surface area contributed by atoms with Gasteiger partial charge in [-0.25, -0.2) is 0 Å². The van der Waals surface area contributed by atoms with Crippen molar-refractivity contribution >= 4 is 11.9 Å². The van der Waals surface area contributed by atoms with Crippen LogP contribution in [0.3, 0.4) is 0 Å². The molecule has 3 N–H and O–H groups in total. The van der Waals surface area contributed by atoms with Crippen LogP contribution < -0.4 is 30.2 Å². The zero-order chi connectivity index (χ0) is 18.7. The highest BCUT2D eigenvalue weighted by Gasteiger charge is 2.13. The molecule has 1 aromatic carbocycles. The third kappa shape index (κ3) is 6.40. The number of amides is 1. The summed E-state index contributed by atoms with van der Waals surface area (Å²) in [6, 6.07) is 3.71. The molecule has 1 amide bonds. The summed E-state index contributed by atoms with van der Waals surface area (Å²) in [5, 5.41) is 8.91. The quantitative estimate of drug-likeness (QED) is 0.452. The molecule has 0 unspecified atom stereocenters. The van der Waals surface area contributed by atoms with Gasteiger partial charge in [-0.15, -0.1) is 0 Å². The van der Waals surface area contributed by atoms with Gasteiger partial charge in [-0.05, 0) is 24.1 Å². The number of guanidine groups is 1. The van der Waals surface area contributed by atoms with E-state index in [4.69, 9.17) is 14.2 Å². The highest BCUT2D eigenvalue weighted by Crippen LogP contribution is 2.38. The summed E-state index contributed by atoms with van der Waals surface area (Å²) in [5.41, 5.74) is 0.924. The number of carbonyl (C=O) groups excluding carboxylic acids is 1. The van der Waals surface area contributed by atoms with E-state index in [0.29, 0.717) is 36.3 Å². The zero-order valence-electron chi connectivity index (χ0n) is 15.6. The van der Waals surface area contributed by atoms with Crippen LogP contribution in [-0.4, -0.2) is 53.3 Å². The summed E-state index contributed by atoms with van der Waals surface area (Å²) < 4.78 is 16.0. The lowest BCUT2D eigenvalue weighted by atomic mass is 10.2. The van der Waals surface area contributed by atoms with Crippen LogP contribution >= 0.6 is 0 Å². The minimum atomic E-state index is -0.0717. The Morgan fingerprint density at radius 2 is 1.68 bits per heavy atom. The Hall–Kier alpha value is -2.64. The van der Waals surface area contributed by atoms with Gasteiger partial charge in [-0.2, -0.15) is 0 Å². The molecule has 1 rings (SSSR count). The predicted molar refractivity (Wildman–Crippen MR) is 97.6 cm³/mol. The Kier molecular flexibility index (Phi) is 8.99. The molecule has 140 valence electrons. The van der Waals surface area contributed by atoms with Crippen LogP contribution in [0.4, 0.5) is 0 Å². The van der Waals surface area contributed by atoms with E-state index in [9.17, 15) is 4.79 Å². The van der Waals surface area contributed by atoms with E-state index in [0.717, 1.165) is 12.0 Å². The van der Waals surface area contributed by atoms with Crippen LogP contribution in [0, 0.1) is 0 Å². The van der Waals surface area contributed by atoms with Crippen LogP contribution in [-0.2, 0) is 11.3 Å². The maximum absolute atomic E-state index is 11.6. The third-order valence-electron chi connectivity index (χ3n) is 3.40. The summed E-state index contributed by atoms with van der Waals surface area (Å²) in [5.74, 6) is 2.17. The van der Waals surface area contributed by atoms with Gasteiger partial charge in [0.05, 0.1) is 27.9 Å². The van der Waals surface area contributed by atoms with Gasteiger partial charge in [0.25, 0.3) is 0 Å². The highest BCUT2D eigenvalue weighted by molar-refractivity contribution is 5.86. The molecule has 0 saturated heterocycles. The van der Waals surface area contributed by atoms with E-state index in [-0.39, 0.29) is 12.5 Å². The summed E-state index contributed by atoms with van der Waals surface area (Å²) in [6.45, 7) is 3.31. The van der Waals surface area contributed by atoms with Crippen molar-refractivity contribution in [3.8, 4) is 17.2 Å². The number of aliphatic imine (C=N–C) groups is 1. The van der Waals surface area contributed by atoms with Gasteiger partial charge in [0.2, 0.25) is 11.7 Å². The van der Waals surface area contributed by atoms with Crippen molar-refractivity contribution in [1.82, 2.24) is 16.0 Å². The topological polar surface area (TPSA) is 93.2 Å². The molecule has 0 aromatic heterocycles. The monoisotopic (exact) mass is 352 g/mol. The van der Waals surface area contributed by atoms with Crippen molar-refractivity contribution in [2.75, 3.05) is 41.5 Å². The largest absolute Gasteiger partial charge is 0.493 e. The molecular weight excluding hydrogens is 324 g/mol. The fourth-order valence-corrected chi connectivity index (χ4v) is 2.13. The number of rotatable bonds is 9. The lowest BCUT2D eigenvalue weighted by molar-refractivity contribution is -0.120. The fraction of sp³-hybridized carbons (Fsp3) is 0.529. The Balaban J connectivity index is 2.67. The van der Waals surface area contributed by atoms with Crippen molar-refractivity contribution in [3.63, 3.8) is 0 Å². The fourth-order valence-electron chi connectivity index (χ4n) is 2.13. The minimum Gasteiger partial charge on any atom is -0.493 e. The van der Waals surface area contributed by atoms with Gasteiger partial charge in [0.15, 0.2) is 17.5 Å². The highest BCUT2D eigenvalue weighted by atomic mass is 16.5. The molecule has 0 fully saturated rings. The molecule has 8 heteroatoms. The molecule has 0 aliphatic rings. The van der Waals surface area contributed by atoms with Gasteiger partial charge in [-0.3, -0.25) is 9.79 Å². The molecule has 0 heterocycles. The lowest BCUT2D eigenvalue weighted by Crippen LogP contribution is -2.43. The number of ether oxygens (including phenoxy) is 3. The standard InChI is InChI=1S/C17H28N4O4/c1-6-7-19-15(22)11-21-17(18-2)20-10-12-8-13(23-3)16(25-5)14(9-12)24-4/h8-9H,6-7,10-11H2,1-5H3,(H,19,22)(H2,18,20,21). The zero-order valence-corrected chi connectivity index (χ0v) is 15.6. The van der Waals surface area contributed by atoms with Crippen molar-refractivity contribution in [3.05, 3.63) is 17.7 Å². The first-order valence-electron chi connectivity index (χ1n) is 8.09. The van der Waals surface area contributed by atoms with E-state index in [1.54, 1.807) is 28.4 Å². The maximum Gasteiger partial charge on any atom is 0.239 e. The Bertz CT molecular complexity index is 565. The molecule has 0 spiro atoms. The second-order valence-corrected chi connectivity index (χ2v) is 5.16. The molecule has 0 bridgehead atoms. The molecule has 0 saturated carbocycles. The molecule has 0 atom stereocenters. The van der Waals surface area contributed by atoms with Crippen molar-refractivity contribution < 1.29 is 19.0 Å². The van der Waals surface area contributed by atoms with E-state index in [1.165, 1.54) is 0 Å². The van der Waals surface area contributed by atoms with Crippen molar-refractivity contribution in [1.29, 1.82) is 0 Å². The predicted octanol–water partition coefficient (Wildman–Crippen LogP) is 0.904. The van der Waals surface area contributed by atoms with Crippen LogP contribution in [0.25, 0.3) is 0 Å². The SMILES string of the molecule is CCCNC(=O)CNC(=NC)NCc1cc(OC)c(OC)c(OC)c1. The Labute approximate surface area is 148 Å². The van der Waals surface area contributed by atoms with Gasteiger partial charge < -0.3 is 30.2 Å². The summed E-state index contributed by atoms with van der Waals surface area (Å²) >= 11 is 0. The first kappa shape index (κ1) is 20.4. The van der Waals surface area contributed by atoms with E-state index >= 15 is 0 Å². The molecule has 25 heavy (non-hydrogen) atoms.